The van der Waals surface area contributed by atoms with Crippen LogP contribution in [0.4, 0.5) is 23.2 Å². The van der Waals surface area contributed by atoms with Crippen LogP contribution in [0.15, 0.2) is 47.9 Å². The second-order valence-electron chi connectivity index (χ2n) is 6.81. The minimum Gasteiger partial charge on any atom is -0.497 e. The normalized spacial score (nSPS) is 16.4. The highest BCUT2D eigenvalue weighted by Gasteiger charge is 2.38. The number of fused-ring (bicyclic) bond motifs is 1. The van der Waals surface area contributed by atoms with Crippen LogP contribution in [0.1, 0.15) is 29.5 Å². The van der Waals surface area contributed by atoms with Crippen LogP contribution in [0.3, 0.4) is 0 Å². The van der Waals surface area contributed by atoms with Gasteiger partial charge in [-0.05, 0) is 35.4 Å². The van der Waals surface area contributed by atoms with Gasteiger partial charge in [0.25, 0.3) is 0 Å². The third-order valence-electron chi connectivity index (χ3n) is 4.95. The van der Waals surface area contributed by atoms with Crippen LogP contribution in [0, 0.1) is 5.82 Å². The fraction of sp³-hybridized carbons (Fsp3) is 0.286. The van der Waals surface area contributed by atoms with E-state index in [0.717, 1.165) is 18.2 Å². The maximum absolute atomic E-state index is 13.9. The van der Waals surface area contributed by atoms with E-state index in [4.69, 9.17) is 9.47 Å². The molecule has 5 nitrogen and oxygen atoms in total. The van der Waals surface area contributed by atoms with Crippen molar-refractivity contribution < 1.29 is 36.9 Å². The van der Waals surface area contributed by atoms with Gasteiger partial charge in [0.2, 0.25) is 5.88 Å². The van der Waals surface area contributed by atoms with Gasteiger partial charge in [0.15, 0.2) is 0 Å². The molecule has 0 radical (unpaired) electrons. The van der Waals surface area contributed by atoms with Crippen molar-refractivity contribution in [3.63, 3.8) is 0 Å². The fourth-order valence-electron chi connectivity index (χ4n) is 3.58. The fourth-order valence-corrected chi connectivity index (χ4v) is 3.58. The molecule has 160 valence electrons. The summed E-state index contributed by atoms with van der Waals surface area (Å²) in [5.41, 5.74) is -0.0892. The zero-order valence-corrected chi connectivity index (χ0v) is 16.4. The molecule has 0 saturated carbocycles. The van der Waals surface area contributed by atoms with Gasteiger partial charge in [0, 0.05) is 17.7 Å². The van der Waals surface area contributed by atoms with Gasteiger partial charge in [-0.1, -0.05) is 13.0 Å². The number of anilines is 1. The van der Waals surface area contributed by atoms with E-state index in [1.54, 1.807) is 6.92 Å². The van der Waals surface area contributed by atoms with Crippen molar-refractivity contribution in [1.29, 1.82) is 0 Å². The summed E-state index contributed by atoms with van der Waals surface area (Å²) in [5.74, 6) is -2.45. The molecule has 0 spiro atoms. The first-order valence-electron chi connectivity index (χ1n) is 8.90. The standard InChI is InChI=1S/C21H19F4NO4/c1-11-16-5-4-13(21(23,24)25)8-17(16)26(19(30-3)18(11)20(27)28)10-12-6-14(22)9-15(7-12)29-2/h4-9,11H,10H2,1-3H3,(H,27,28). The first kappa shape index (κ1) is 21.5. The van der Waals surface area contributed by atoms with Crippen molar-refractivity contribution in [2.75, 3.05) is 19.1 Å². The predicted molar refractivity (Wildman–Crippen MR) is 101 cm³/mol. The van der Waals surface area contributed by atoms with Crippen LogP contribution >= 0.6 is 0 Å². The molecule has 1 unspecified atom stereocenters. The van der Waals surface area contributed by atoms with Crippen molar-refractivity contribution in [2.45, 2.75) is 25.6 Å². The molecule has 1 N–H and O–H groups in total. The second kappa shape index (κ2) is 7.89. The van der Waals surface area contributed by atoms with Crippen molar-refractivity contribution in [1.82, 2.24) is 0 Å². The smallest absolute Gasteiger partial charge is 0.416 e. The highest BCUT2D eigenvalue weighted by molar-refractivity contribution is 5.92. The van der Waals surface area contributed by atoms with Crippen LogP contribution in [0.2, 0.25) is 0 Å². The summed E-state index contributed by atoms with van der Waals surface area (Å²) >= 11 is 0. The maximum atomic E-state index is 13.9. The Morgan fingerprint density at radius 2 is 1.83 bits per heavy atom. The Morgan fingerprint density at radius 1 is 1.13 bits per heavy atom. The SMILES string of the molecule is COC1=C(C(=O)O)C(C)c2ccc(C(F)(F)F)cc2N1Cc1cc(F)cc(OC)c1. The number of halogens is 4. The number of methoxy groups -OCH3 is 2. The Labute approximate surface area is 170 Å². The highest BCUT2D eigenvalue weighted by atomic mass is 19.4. The lowest BCUT2D eigenvalue weighted by atomic mass is 9.87. The molecule has 30 heavy (non-hydrogen) atoms. The van der Waals surface area contributed by atoms with E-state index in [-0.39, 0.29) is 29.4 Å². The number of benzene rings is 2. The summed E-state index contributed by atoms with van der Waals surface area (Å²) in [4.78, 5) is 13.2. The molecule has 1 aliphatic heterocycles. The van der Waals surface area contributed by atoms with Crippen molar-refractivity contribution >= 4 is 11.7 Å². The van der Waals surface area contributed by atoms with E-state index >= 15 is 0 Å². The highest BCUT2D eigenvalue weighted by Crippen LogP contribution is 2.44. The maximum Gasteiger partial charge on any atom is 0.416 e. The number of nitrogens with zero attached hydrogens (tertiary/aromatic N) is 1. The summed E-state index contributed by atoms with van der Waals surface area (Å²) in [7, 11) is 2.60. The van der Waals surface area contributed by atoms with Crippen molar-refractivity contribution in [3.8, 4) is 5.75 Å². The molecule has 0 aromatic heterocycles. The van der Waals surface area contributed by atoms with Crippen molar-refractivity contribution in [2.24, 2.45) is 0 Å². The second-order valence-corrected chi connectivity index (χ2v) is 6.81. The molecule has 2 aromatic carbocycles. The van der Waals surface area contributed by atoms with Crippen LogP contribution in [0.5, 0.6) is 5.75 Å². The molecule has 0 fully saturated rings. The number of hydrogen-bond donors (Lipinski definition) is 1. The van der Waals surface area contributed by atoms with Crippen LogP contribution in [-0.2, 0) is 22.3 Å². The zero-order valence-electron chi connectivity index (χ0n) is 16.4. The molecule has 1 aliphatic rings. The predicted octanol–water partition coefficient (Wildman–Crippen LogP) is 4.92. The van der Waals surface area contributed by atoms with E-state index < -0.39 is 29.4 Å². The monoisotopic (exact) mass is 425 g/mol. The first-order valence-corrected chi connectivity index (χ1v) is 8.90. The van der Waals surface area contributed by atoms with Gasteiger partial charge in [-0.2, -0.15) is 13.2 Å². The van der Waals surface area contributed by atoms with Gasteiger partial charge in [-0.15, -0.1) is 0 Å². The lowest BCUT2D eigenvalue weighted by Gasteiger charge is -2.36. The Balaban J connectivity index is 2.21. The first-order chi connectivity index (χ1) is 14.1. The Kier molecular flexibility index (Phi) is 5.65. The number of rotatable bonds is 5. The lowest BCUT2D eigenvalue weighted by molar-refractivity contribution is -0.137. The van der Waals surface area contributed by atoms with Crippen LogP contribution < -0.4 is 9.64 Å². The number of hydrogen-bond acceptors (Lipinski definition) is 4. The van der Waals surface area contributed by atoms with E-state index in [0.29, 0.717) is 11.1 Å². The number of aliphatic carboxylic acids is 1. The van der Waals surface area contributed by atoms with E-state index in [1.807, 2.05) is 0 Å². The molecule has 1 heterocycles. The molecule has 9 heteroatoms. The summed E-state index contributed by atoms with van der Waals surface area (Å²) < 4.78 is 64.3. The van der Waals surface area contributed by atoms with Gasteiger partial charge >= 0.3 is 12.1 Å². The molecular formula is C21H19F4NO4. The summed E-state index contributed by atoms with van der Waals surface area (Å²) in [6.07, 6.45) is -4.59. The minimum atomic E-state index is -4.59. The number of alkyl halides is 3. The van der Waals surface area contributed by atoms with Gasteiger partial charge < -0.3 is 19.5 Å². The lowest BCUT2D eigenvalue weighted by Crippen LogP contribution is -2.33. The molecule has 1 atom stereocenters. The number of ether oxygens (including phenoxy) is 2. The Morgan fingerprint density at radius 3 is 2.40 bits per heavy atom. The topological polar surface area (TPSA) is 59.0 Å². The average Bonchev–Trinajstić information content (AvgIpc) is 2.67. The molecule has 0 aliphatic carbocycles. The number of carboxylic acids is 1. The quantitative estimate of drug-likeness (QED) is 0.690. The zero-order chi connectivity index (χ0) is 22.2. The van der Waals surface area contributed by atoms with Gasteiger partial charge in [0.1, 0.15) is 17.1 Å². The van der Waals surface area contributed by atoms with Gasteiger partial charge in [0.05, 0.1) is 26.3 Å². The molecule has 3 rings (SSSR count). The van der Waals surface area contributed by atoms with E-state index in [2.05, 4.69) is 0 Å². The Bertz CT molecular complexity index is 1020. The largest absolute Gasteiger partial charge is 0.497 e. The van der Waals surface area contributed by atoms with Gasteiger partial charge in [-0.25, -0.2) is 9.18 Å². The average molecular weight is 425 g/mol. The van der Waals surface area contributed by atoms with Crippen LogP contribution in [-0.4, -0.2) is 25.3 Å². The summed E-state index contributed by atoms with van der Waals surface area (Å²) in [6, 6.07) is 6.99. The minimum absolute atomic E-state index is 0.104. The van der Waals surface area contributed by atoms with Crippen LogP contribution in [0.25, 0.3) is 0 Å². The molecule has 0 saturated heterocycles. The molecule has 0 bridgehead atoms. The van der Waals surface area contributed by atoms with Gasteiger partial charge in [-0.3, -0.25) is 0 Å². The van der Waals surface area contributed by atoms with Crippen molar-refractivity contribution in [3.05, 3.63) is 70.4 Å². The third kappa shape index (κ3) is 3.92. The number of carboxylic acid groups (broad SMARTS) is 1. The van der Waals surface area contributed by atoms with E-state index in [1.165, 1.54) is 37.3 Å². The van der Waals surface area contributed by atoms with E-state index in [9.17, 15) is 27.5 Å². The third-order valence-corrected chi connectivity index (χ3v) is 4.95. The Hall–Kier alpha value is -3.23. The number of carbonyl (C=O) groups is 1. The molecule has 0 amide bonds. The summed E-state index contributed by atoms with van der Waals surface area (Å²) in [6.45, 7) is 1.45. The summed E-state index contributed by atoms with van der Waals surface area (Å²) in [5, 5.41) is 9.71. The molecular weight excluding hydrogens is 406 g/mol. The molecule has 2 aromatic rings.